The molecular formula is C7H11Rh-. The third kappa shape index (κ3) is 9.36. The Morgan fingerprint density at radius 1 is 1.38 bits per heavy atom. The molecule has 0 unspecified atom stereocenters. The van der Waals surface area contributed by atoms with E-state index < -0.39 is 0 Å². The van der Waals surface area contributed by atoms with Crippen LogP contribution in [0, 0.1) is 6.92 Å². The summed E-state index contributed by atoms with van der Waals surface area (Å²) >= 11 is 0. The summed E-state index contributed by atoms with van der Waals surface area (Å²) in [5, 5.41) is 0. The average Bonchev–Trinajstić information content (AvgIpc) is 1.69. The molecule has 0 aliphatic rings. The monoisotopic (exact) mass is 198 g/mol. The van der Waals surface area contributed by atoms with Crippen molar-refractivity contribution in [3.8, 4) is 0 Å². The van der Waals surface area contributed by atoms with E-state index in [0.717, 1.165) is 6.42 Å². The van der Waals surface area contributed by atoms with Gasteiger partial charge in [0.05, 0.1) is 0 Å². The van der Waals surface area contributed by atoms with E-state index in [9.17, 15) is 0 Å². The van der Waals surface area contributed by atoms with Crippen LogP contribution in [0.3, 0.4) is 0 Å². The Hall–Kier alpha value is -0.0266. The minimum absolute atomic E-state index is 0. The molecule has 0 rings (SSSR count). The predicted molar refractivity (Wildman–Crippen MR) is 33.9 cm³/mol. The third-order valence-electron chi connectivity index (χ3n) is 0.675. The Balaban J connectivity index is 0. The van der Waals surface area contributed by atoms with Gasteiger partial charge in [-0.05, 0) is 6.92 Å². The maximum atomic E-state index is 3.54. The van der Waals surface area contributed by atoms with Crippen LogP contribution < -0.4 is 0 Å². The van der Waals surface area contributed by atoms with Crippen LogP contribution in [-0.2, 0) is 19.5 Å². The van der Waals surface area contributed by atoms with Gasteiger partial charge in [0.25, 0.3) is 0 Å². The summed E-state index contributed by atoms with van der Waals surface area (Å²) in [5.41, 5.74) is 0. The SMILES string of the molecule is [CH2-]C=CCC=CC.[Rh]. The zero-order valence-corrected chi connectivity index (χ0v) is 6.70. The molecule has 1 heteroatoms. The van der Waals surface area contributed by atoms with Crippen molar-refractivity contribution in [2.45, 2.75) is 13.3 Å². The van der Waals surface area contributed by atoms with E-state index in [2.05, 4.69) is 13.0 Å². The maximum absolute atomic E-state index is 3.54. The van der Waals surface area contributed by atoms with Crippen LogP contribution in [0.15, 0.2) is 24.3 Å². The standard InChI is InChI=1S/C7H11.Rh/c1-3-5-7-6-4-2;/h3-6H,1,7H2,2H3;/q-1;. The van der Waals surface area contributed by atoms with Crippen molar-refractivity contribution in [3.05, 3.63) is 31.2 Å². The van der Waals surface area contributed by atoms with Crippen LogP contribution >= 0.6 is 0 Å². The minimum Gasteiger partial charge on any atom is -0.245 e. The summed E-state index contributed by atoms with van der Waals surface area (Å²) in [6.07, 6.45) is 8.95. The van der Waals surface area contributed by atoms with Gasteiger partial charge in [0.2, 0.25) is 0 Å². The van der Waals surface area contributed by atoms with E-state index in [1.165, 1.54) is 0 Å². The zero-order valence-electron chi connectivity index (χ0n) is 5.06. The summed E-state index contributed by atoms with van der Waals surface area (Å²) in [6.45, 7) is 5.55. The topological polar surface area (TPSA) is 0 Å². The van der Waals surface area contributed by atoms with Crippen molar-refractivity contribution in [3.63, 3.8) is 0 Å². The molecule has 0 saturated carbocycles. The first kappa shape index (κ1) is 10.9. The van der Waals surface area contributed by atoms with E-state index in [1.54, 1.807) is 6.08 Å². The van der Waals surface area contributed by atoms with Crippen LogP contribution in [0.25, 0.3) is 0 Å². The summed E-state index contributed by atoms with van der Waals surface area (Å²) in [7, 11) is 0. The average molecular weight is 198 g/mol. The molecule has 0 aromatic heterocycles. The van der Waals surface area contributed by atoms with E-state index in [-0.39, 0.29) is 19.5 Å². The fraction of sp³-hybridized carbons (Fsp3) is 0.286. The Kier molecular flexibility index (Phi) is 13.7. The number of hydrogen-bond acceptors (Lipinski definition) is 0. The van der Waals surface area contributed by atoms with Crippen molar-refractivity contribution in [2.24, 2.45) is 0 Å². The second kappa shape index (κ2) is 10.1. The maximum Gasteiger partial charge on any atom is 0 e. The van der Waals surface area contributed by atoms with Gasteiger partial charge < -0.3 is 0 Å². The largest absolute Gasteiger partial charge is 0.245 e. The molecule has 0 aliphatic heterocycles. The van der Waals surface area contributed by atoms with Crippen molar-refractivity contribution < 1.29 is 19.5 Å². The van der Waals surface area contributed by atoms with Gasteiger partial charge in [-0.2, -0.15) is 0 Å². The molecule has 0 aromatic rings. The number of rotatable bonds is 2. The third-order valence-corrected chi connectivity index (χ3v) is 0.675. The Bertz CT molecular complexity index is 62.5. The first-order valence-electron chi connectivity index (χ1n) is 2.47. The molecule has 49 valence electrons. The van der Waals surface area contributed by atoms with Crippen molar-refractivity contribution in [1.29, 1.82) is 0 Å². The van der Waals surface area contributed by atoms with Crippen LogP contribution in [0.4, 0.5) is 0 Å². The van der Waals surface area contributed by atoms with Crippen molar-refractivity contribution in [1.82, 2.24) is 0 Å². The molecule has 0 bridgehead atoms. The first-order chi connectivity index (χ1) is 3.41. The summed E-state index contributed by atoms with van der Waals surface area (Å²) < 4.78 is 0. The van der Waals surface area contributed by atoms with E-state index in [4.69, 9.17) is 0 Å². The van der Waals surface area contributed by atoms with Gasteiger partial charge in [-0.3, -0.25) is 0 Å². The van der Waals surface area contributed by atoms with Gasteiger partial charge >= 0.3 is 0 Å². The molecule has 0 aromatic carbocycles. The fourth-order valence-corrected chi connectivity index (χ4v) is 0.311. The van der Waals surface area contributed by atoms with Gasteiger partial charge in [-0.15, -0.1) is 6.08 Å². The predicted octanol–water partition coefficient (Wildman–Crippen LogP) is 2.34. The fourth-order valence-electron chi connectivity index (χ4n) is 0.311. The zero-order chi connectivity index (χ0) is 5.54. The van der Waals surface area contributed by atoms with Crippen molar-refractivity contribution >= 4 is 0 Å². The molecule has 0 N–H and O–H groups in total. The molecule has 0 fully saturated rings. The van der Waals surface area contributed by atoms with Crippen LogP contribution in [-0.4, -0.2) is 0 Å². The van der Waals surface area contributed by atoms with Gasteiger partial charge in [0.15, 0.2) is 0 Å². The van der Waals surface area contributed by atoms with Crippen LogP contribution in [0.5, 0.6) is 0 Å². The first-order valence-corrected chi connectivity index (χ1v) is 2.47. The smallest absolute Gasteiger partial charge is 0 e. The summed E-state index contributed by atoms with van der Waals surface area (Å²) in [6, 6.07) is 0. The molecular weight excluding hydrogens is 187 g/mol. The van der Waals surface area contributed by atoms with Gasteiger partial charge in [0.1, 0.15) is 0 Å². The minimum atomic E-state index is 0. The molecule has 1 radical (unpaired) electrons. The number of hydrogen-bond donors (Lipinski definition) is 0. The normalized spacial score (nSPS) is 10.1. The summed E-state index contributed by atoms with van der Waals surface area (Å²) in [4.78, 5) is 0. The molecule has 0 atom stereocenters. The number of allylic oxidation sites excluding steroid dienone is 4. The quantitative estimate of drug-likeness (QED) is 0.363. The molecule has 0 aliphatic carbocycles. The van der Waals surface area contributed by atoms with Crippen molar-refractivity contribution in [2.75, 3.05) is 0 Å². The Morgan fingerprint density at radius 3 is 2.38 bits per heavy atom. The van der Waals surface area contributed by atoms with Crippen LogP contribution in [0.2, 0.25) is 0 Å². The summed E-state index contributed by atoms with van der Waals surface area (Å²) in [5.74, 6) is 0. The molecule has 8 heavy (non-hydrogen) atoms. The molecule has 0 spiro atoms. The van der Waals surface area contributed by atoms with Gasteiger partial charge in [-0.1, -0.05) is 12.5 Å². The molecule has 0 saturated heterocycles. The molecule has 0 amide bonds. The molecule has 0 heterocycles. The van der Waals surface area contributed by atoms with E-state index in [1.807, 2.05) is 19.1 Å². The van der Waals surface area contributed by atoms with E-state index >= 15 is 0 Å². The second-order valence-corrected chi connectivity index (χ2v) is 1.28. The van der Waals surface area contributed by atoms with Gasteiger partial charge in [-0.25, -0.2) is 19.1 Å². The van der Waals surface area contributed by atoms with Gasteiger partial charge in [0, 0.05) is 19.5 Å². The van der Waals surface area contributed by atoms with Crippen LogP contribution in [0.1, 0.15) is 13.3 Å². The molecule has 0 nitrogen and oxygen atoms in total. The Morgan fingerprint density at radius 2 is 2.00 bits per heavy atom. The Labute approximate surface area is 64.4 Å². The van der Waals surface area contributed by atoms with E-state index in [0.29, 0.717) is 0 Å². The second-order valence-electron chi connectivity index (χ2n) is 1.28.